The lowest BCUT2D eigenvalue weighted by Crippen LogP contribution is -2.25. The molecule has 1 saturated heterocycles. The van der Waals surface area contributed by atoms with Crippen molar-refractivity contribution in [3.05, 3.63) is 0 Å². The molecule has 0 aromatic carbocycles. The highest BCUT2D eigenvalue weighted by molar-refractivity contribution is 4.61. The molecule has 1 heterocycles. The molecule has 0 spiro atoms. The maximum absolute atomic E-state index is 8.78. The van der Waals surface area contributed by atoms with Crippen LogP contribution in [0, 0.1) is 0 Å². The van der Waals surface area contributed by atoms with Gasteiger partial charge in [0.1, 0.15) is 0 Å². The zero-order valence-corrected chi connectivity index (χ0v) is 14.1. The molecule has 22 heavy (non-hydrogen) atoms. The lowest BCUT2D eigenvalue weighted by Gasteiger charge is -2.20. The van der Waals surface area contributed by atoms with Crippen LogP contribution >= 0.6 is 0 Å². The average Bonchev–Trinajstić information content (AvgIpc) is 2.52. The Kier molecular flexibility index (Phi) is 13.0. The molecule has 5 nitrogen and oxygen atoms in total. The van der Waals surface area contributed by atoms with E-state index in [1.807, 2.05) is 6.92 Å². The van der Waals surface area contributed by atoms with Gasteiger partial charge in [-0.05, 0) is 19.8 Å². The first-order chi connectivity index (χ1) is 10.9. The third-order valence-corrected chi connectivity index (χ3v) is 3.88. The van der Waals surface area contributed by atoms with Crippen molar-refractivity contribution in [1.82, 2.24) is 0 Å². The van der Waals surface area contributed by atoms with Crippen LogP contribution in [0.2, 0.25) is 0 Å². The fourth-order valence-electron chi connectivity index (χ4n) is 2.71. The van der Waals surface area contributed by atoms with Crippen LogP contribution in [0.15, 0.2) is 0 Å². The fraction of sp³-hybridized carbons (Fsp3) is 1.00. The van der Waals surface area contributed by atoms with E-state index in [0.29, 0.717) is 33.0 Å². The van der Waals surface area contributed by atoms with E-state index >= 15 is 0 Å². The van der Waals surface area contributed by atoms with Gasteiger partial charge < -0.3 is 24.1 Å². The summed E-state index contributed by atoms with van der Waals surface area (Å²) >= 11 is 0. The molecule has 2 atom stereocenters. The van der Waals surface area contributed by atoms with Crippen LogP contribution in [0.4, 0.5) is 0 Å². The van der Waals surface area contributed by atoms with Gasteiger partial charge in [0.15, 0.2) is 0 Å². The van der Waals surface area contributed by atoms with Gasteiger partial charge in [-0.1, -0.05) is 32.1 Å². The molecule has 0 aliphatic carbocycles. The Hall–Kier alpha value is -0.200. The first kappa shape index (κ1) is 19.8. The van der Waals surface area contributed by atoms with Crippen molar-refractivity contribution in [3.8, 4) is 0 Å². The first-order valence-corrected chi connectivity index (χ1v) is 8.86. The van der Waals surface area contributed by atoms with Crippen molar-refractivity contribution in [1.29, 1.82) is 0 Å². The lowest BCUT2D eigenvalue weighted by molar-refractivity contribution is -0.0637. The summed E-state index contributed by atoms with van der Waals surface area (Å²) in [5.41, 5.74) is 0. The molecule has 0 radical (unpaired) electrons. The van der Waals surface area contributed by atoms with Crippen molar-refractivity contribution < 1.29 is 24.1 Å². The Balaban J connectivity index is 2.30. The molecule has 2 unspecified atom stereocenters. The summed E-state index contributed by atoms with van der Waals surface area (Å²) in [6.45, 7) is 5.62. The van der Waals surface area contributed by atoms with E-state index in [2.05, 4.69) is 0 Å². The van der Waals surface area contributed by atoms with Crippen LogP contribution in [0.1, 0.15) is 51.9 Å². The van der Waals surface area contributed by atoms with Crippen LogP contribution in [0.5, 0.6) is 0 Å². The third kappa shape index (κ3) is 10.5. The Morgan fingerprint density at radius 3 is 2.59 bits per heavy atom. The van der Waals surface area contributed by atoms with Crippen LogP contribution < -0.4 is 0 Å². The molecule has 1 rings (SSSR count). The molecular weight excluding hydrogens is 284 g/mol. The first-order valence-electron chi connectivity index (χ1n) is 8.86. The second-order valence-electron chi connectivity index (χ2n) is 5.79. The SMILES string of the molecule is CCOC1CCCCCCCC(COCCO)OCCOC1. The van der Waals surface area contributed by atoms with Gasteiger partial charge >= 0.3 is 0 Å². The summed E-state index contributed by atoms with van der Waals surface area (Å²) in [5, 5.41) is 8.78. The summed E-state index contributed by atoms with van der Waals surface area (Å²) < 4.78 is 22.7. The predicted octanol–water partition coefficient (Wildman–Crippen LogP) is 2.55. The zero-order chi connectivity index (χ0) is 15.9. The third-order valence-electron chi connectivity index (χ3n) is 3.88. The van der Waals surface area contributed by atoms with E-state index in [4.69, 9.17) is 24.1 Å². The molecule has 132 valence electrons. The smallest absolute Gasteiger partial charge is 0.0809 e. The maximum atomic E-state index is 8.78. The fourth-order valence-corrected chi connectivity index (χ4v) is 2.71. The highest BCUT2D eigenvalue weighted by atomic mass is 16.6. The molecule has 0 saturated carbocycles. The molecular formula is C17H34O5. The van der Waals surface area contributed by atoms with Gasteiger partial charge in [0, 0.05) is 6.61 Å². The van der Waals surface area contributed by atoms with E-state index in [0.717, 1.165) is 19.4 Å². The minimum atomic E-state index is 0.0641. The van der Waals surface area contributed by atoms with Crippen LogP contribution in [-0.2, 0) is 18.9 Å². The summed E-state index contributed by atoms with van der Waals surface area (Å²) in [6, 6.07) is 0. The molecule has 0 aromatic heterocycles. The van der Waals surface area contributed by atoms with Crippen LogP contribution in [0.25, 0.3) is 0 Å². The molecule has 0 aromatic rings. The van der Waals surface area contributed by atoms with Crippen molar-refractivity contribution in [3.63, 3.8) is 0 Å². The molecule has 0 bridgehead atoms. The van der Waals surface area contributed by atoms with Gasteiger partial charge in [-0.25, -0.2) is 0 Å². The highest BCUT2D eigenvalue weighted by Gasteiger charge is 2.12. The summed E-state index contributed by atoms with van der Waals surface area (Å²) in [7, 11) is 0. The molecule has 1 N–H and O–H groups in total. The molecule has 5 heteroatoms. The van der Waals surface area contributed by atoms with Crippen molar-refractivity contribution in [2.45, 2.75) is 64.1 Å². The minimum absolute atomic E-state index is 0.0641. The largest absolute Gasteiger partial charge is 0.394 e. The predicted molar refractivity (Wildman–Crippen MR) is 86.2 cm³/mol. The van der Waals surface area contributed by atoms with Gasteiger partial charge in [0.05, 0.1) is 51.8 Å². The number of aliphatic hydroxyl groups excluding tert-OH is 1. The van der Waals surface area contributed by atoms with E-state index in [1.54, 1.807) is 0 Å². The summed E-state index contributed by atoms with van der Waals surface area (Å²) in [5.74, 6) is 0. The summed E-state index contributed by atoms with van der Waals surface area (Å²) in [6.07, 6.45) is 8.60. The van der Waals surface area contributed by atoms with E-state index in [1.165, 1.54) is 32.1 Å². The molecule has 1 fully saturated rings. The van der Waals surface area contributed by atoms with Crippen LogP contribution in [0.3, 0.4) is 0 Å². The zero-order valence-electron chi connectivity index (χ0n) is 14.1. The monoisotopic (exact) mass is 318 g/mol. The van der Waals surface area contributed by atoms with Crippen molar-refractivity contribution in [2.24, 2.45) is 0 Å². The Morgan fingerprint density at radius 1 is 1.05 bits per heavy atom. The number of ether oxygens (including phenoxy) is 4. The Morgan fingerprint density at radius 2 is 1.82 bits per heavy atom. The second-order valence-corrected chi connectivity index (χ2v) is 5.79. The average molecular weight is 318 g/mol. The normalized spacial score (nSPS) is 26.5. The van der Waals surface area contributed by atoms with Gasteiger partial charge in [-0.2, -0.15) is 0 Å². The van der Waals surface area contributed by atoms with Crippen molar-refractivity contribution in [2.75, 3.05) is 46.2 Å². The van der Waals surface area contributed by atoms with Crippen LogP contribution in [-0.4, -0.2) is 63.6 Å². The number of rotatable bonds is 6. The minimum Gasteiger partial charge on any atom is -0.394 e. The number of hydrogen-bond acceptors (Lipinski definition) is 5. The highest BCUT2D eigenvalue weighted by Crippen LogP contribution is 2.14. The van der Waals surface area contributed by atoms with Crippen molar-refractivity contribution >= 4 is 0 Å². The lowest BCUT2D eigenvalue weighted by atomic mass is 10.1. The molecule has 0 amide bonds. The number of hydrogen-bond donors (Lipinski definition) is 1. The Labute approximate surface area is 135 Å². The quantitative estimate of drug-likeness (QED) is 0.763. The van der Waals surface area contributed by atoms with E-state index < -0.39 is 0 Å². The maximum Gasteiger partial charge on any atom is 0.0809 e. The van der Waals surface area contributed by atoms with E-state index in [9.17, 15) is 0 Å². The molecule has 1 aliphatic heterocycles. The Bertz CT molecular complexity index is 237. The summed E-state index contributed by atoms with van der Waals surface area (Å²) in [4.78, 5) is 0. The van der Waals surface area contributed by atoms with E-state index in [-0.39, 0.29) is 18.8 Å². The standard InChI is InChI=1S/C17H34O5/c1-2-21-16-8-6-4-3-5-7-9-17(15-19-11-10-18)22-13-12-20-14-16/h16-18H,2-15H2,1H3. The molecule has 1 aliphatic rings. The van der Waals surface area contributed by atoms with Gasteiger partial charge in [0.2, 0.25) is 0 Å². The van der Waals surface area contributed by atoms with Gasteiger partial charge in [-0.3, -0.25) is 0 Å². The second kappa shape index (κ2) is 14.4. The topological polar surface area (TPSA) is 57.2 Å². The van der Waals surface area contributed by atoms with Gasteiger partial charge in [-0.15, -0.1) is 0 Å². The van der Waals surface area contributed by atoms with Gasteiger partial charge in [0.25, 0.3) is 0 Å². The number of aliphatic hydroxyl groups is 1.